The minimum atomic E-state index is -0.597. The summed E-state index contributed by atoms with van der Waals surface area (Å²) in [6.07, 6.45) is 5.23. The Morgan fingerprint density at radius 1 is 1.19 bits per heavy atom. The molecule has 1 saturated heterocycles. The number of H-pyrrole nitrogens is 1. The van der Waals surface area contributed by atoms with Crippen LogP contribution in [0.4, 0.5) is 17.5 Å². The molecule has 5 rings (SSSR count). The Labute approximate surface area is 184 Å². The van der Waals surface area contributed by atoms with Crippen LogP contribution in [0.3, 0.4) is 0 Å². The topological polar surface area (TPSA) is 139 Å². The summed E-state index contributed by atoms with van der Waals surface area (Å²) < 4.78 is 0. The van der Waals surface area contributed by atoms with E-state index in [0.717, 1.165) is 47.1 Å². The van der Waals surface area contributed by atoms with E-state index in [0.29, 0.717) is 18.3 Å². The van der Waals surface area contributed by atoms with Gasteiger partial charge in [-0.05, 0) is 36.1 Å². The third kappa shape index (κ3) is 3.85. The molecule has 4 aromatic rings. The van der Waals surface area contributed by atoms with Gasteiger partial charge in [0.15, 0.2) is 0 Å². The van der Waals surface area contributed by atoms with E-state index in [9.17, 15) is 4.79 Å². The number of rotatable bonds is 5. The van der Waals surface area contributed by atoms with Crippen LogP contribution in [-0.2, 0) is 0 Å². The third-order valence-electron chi connectivity index (χ3n) is 5.69. The molecule has 0 saturated carbocycles. The van der Waals surface area contributed by atoms with Gasteiger partial charge in [0.05, 0.1) is 11.7 Å². The van der Waals surface area contributed by atoms with Crippen LogP contribution in [-0.4, -0.2) is 45.2 Å². The predicted octanol–water partition coefficient (Wildman–Crippen LogP) is 2.79. The average Bonchev–Trinajstić information content (AvgIpc) is 3.27. The number of benzene rings is 2. The van der Waals surface area contributed by atoms with Crippen molar-refractivity contribution in [3.8, 4) is 11.1 Å². The molecule has 0 bridgehead atoms. The molecule has 1 fully saturated rings. The van der Waals surface area contributed by atoms with Gasteiger partial charge in [-0.2, -0.15) is 10.1 Å². The second-order valence-corrected chi connectivity index (χ2v) is 7.99. The highest BCUT2D eigenvalue weighted by Crippen LogP contribution is 2.32. The molecule has 32 heavy (non-hydrogen) atoms. The fraction of sp³-hybridized carbons (Fsp3) is 0.217. The molecule has 0 spiro atoms. The Balaban J connectivity index is 1.55. The molecule has 1 atom stereocenters. The van der Waals surface area contributed by atoms with Crippen molar-refractivity contribution in [2.24, 2.45) is 11.5 Å². The molecule has 0 radical (unpaired) electrons. The summed E-state index contributed by atoms with van der Waals surface area (Å²) in [6.45, 7) is 1.49. The van der Waals surface area contributed by atoms with Gasteiger partial charge in [-0.25, -0.2) is 4.98 Å². The van der Waals surface area contributed by atoms with Crippen LogP contribution in [0.1, 0.15) is 23.2 Å². The predicted molar refractivity (Wildman–Crippen MR) is 125 cm³/mol. The number of fused-ring (bicyclic) bond motifs is 1. The van der Waals surface area contributed by atoms with E-state index >= 15 is 0 Å². The first-order valence-electron chi connectivity index (χ1n) is 10.6. The highest BCUT2D eigenvalue weighted by Gasteiger charge is 2.21. The van der Waals surface area contributed by atoms with Gasteiger partial charge in [-0.3, -0.25) is 9.89 Å². The SMILES string of the molecule is NC(=O)c1cnc(N2CCCC(N)C2)nc1Nc1cc(-c2ccccc2)c2cn[nH]c2c1. The van der Waals surface area contributed by atoms with Crippen molar-refractivity contribution in [3.63, 3.8) is 0 Å². The minimum absolute atomic E-state index is 0.0794. The van der Waals surface area contributed by atoms with Crippen LogP contribution in [0.15, 0.2) is 54.9 Å². The van der Waals surface area contributed by atoms with Crippen LogP contribution in [0, 0.1) is 0 Å². The van der Waals surface area contributed by atoms with E-state index in [4.69, 9.17) is 11.5 Å². The van der Waals surface area contributed by atoms with Gasteiger partial charge in [0, 0.05) is 36.4 Å². The Bertz CT molecular complexity index is 1270. The second kappa shape index (κ2) is 8.27. The second-order valence-electron chi connectivity index (χ2n) is 7.99. The lowest BCUT2D eigenvalue weighted by Gasteiger charge is -2.31. The van der Waals surface area contributed by atoms with Crippen molar-refractivity contribution >= 4 is 34.3 Å². The van der Waals surface area contributed by atoms with Gasteiger partial charge in [-0.1, -0.05) is 30.3 Å². The highest BCUT2D eigenvalue weighted by molar-refractivity contribution is 6.00. The monoisotopic (exact) mass is 428 g/mol. The lowest BCUT2D eigenvalue weighted by molar-refractivity contribution is 0.100. The van der Waals surface area contributed by atoms with Crippen molar-refractivity contribution in [2.75, 3.05) is 23.3 Å². The van der Waals surface area contributed by atoms with E-state index in [2.05, 4.69) is 25.5 Å². The van der Waals surface area contributed by atoms with Gasteiger partial charge in [0.25, 0.3) is 5.91 Å². The quantitative estimate of drug-likeness (QED) is 0.383. The number of anilines is 3. The average molecular weight is 429 g/mol. The Kier molecular flexibility index (Phi) is 5.16. The zero-order valence-electron chi connectivity index (χ0n) is 17.5. The van der Waals surface area contributed by atoms with Crippen LogP contribution in [0.25, 0.3) is 22.0 Å². The molecule has 1 aliphatic heterocycles. The molecule has 1 unspecified atom stereocenters. The van der Waals surface area contributed by atoms with E-state index in [1.165, 1.54) is 6.20 Å². The number of hydrogen-bond acceptors (Lipinski definition) is 7. The fourth-order valence-corrected chi connectivity index (χ4v) is 4.11. The first kappa shape index (κ1) is 20.0. The maximum Gasteiger partial charge on any atom is 0.254 e. The number of carbonyl (C=O) groups excluding carboxylic acids is 1. The van der Waals surface area contributed by atoms with Gasteiger partial charge < -0.3 is 21.7 Å². The van der Waals surface area contributed by atoms with E-state index < -0.39 is 5.91 Å². The summed E-state index contributed by atoms with van der Waals surface area (Å²) in [5.41, 5.74) is 15.6. The van der Waals surface area contributed by atoms with Crippen LogP contribution < -0.4 is 21.7 Å². The van der Waals surface area contributed by atoms with Crippen LogP contribution in [0.5, 0.6) is 0 Å². The number of nitrogens with one attached hydrogen (secondary N) is 2. The number of amides is 1. The lowest BCUT2D eigenvalue weighted by Crippen LogP contribution is -2.43. The zero-order valence-corrected chi connectivity index (χ0v) is 17.5. The molecule has 1 aliphatic rings. The number of hydrogen-bond donors (Lipinski definition) is 4. The van der Waals surface area contributed by atoms with Gasteiger partial charge in [0.1, 0.15) is 11.4 Å². The Hall–Kier alpha value is -3.98. The molecule has 6 N–H and O–H groups in total. The molecule has 9 nitrogen and oxygen atoms in total. The molecule has 1 amide bonds. The van der Waals surface area contributed by atoms with Crippen molar-refractivity contribution in [2.45, 2.75) is 18.9 Å². The summed E-state index contributed by atoms with van der Waals surface area (Å²) in [5, 5.41) is 11.5. The maximum atomic E-state index is 12.1. The number of aromatic amines is 1. The van der Waals surface area contributed by atoms with Crippen molar-refractivity contribution in [1.29, 1.82) is 0 Å². The lowest BCUT2D eigenvalue weighted by atomic mass is 10.0. The number of nitrogens with two attached hydrogens (primary N) is 2. The van der Waals surface area contributed by atoms with Crippen LogP contribution >= 0.6 is 0 Å². The number of carbonyl (C=O) groups is 1. The standard InChI is InChI=1S/C23H24N8O/c24-15-7-4-8-31(13-15)23-26-11-19(21(25)32)22(29-23)28-16-9-17(14-5-2-1-3-6-14)18-12-27-30-20(18)10-16/h1-3,5-6,9-12,15H,4,7-8,13,24H2,(H2,25,32)(H,27,30)(H,26,28,29). The summed E-state index contributed by atoms with van der Waals surface area (Å²) in [6, 6.07) is 14.1. The smallest absolute Gasteiger partial charge is 0.254 e. The summed E-state index contributed by atoms with van der Waals surface area (Å²) >= 11 is 0. The van der Waals surface area contributed by atoms with E-state index in [-0.39, 0.29) is 11.6 Å². The van der Waals surface area contributed by atoms with E-state index in [1.807, 2.05) is 47.4 Å². The summed E-state index contributed by atoms with van der Waals surface area (Å²) in [5.74, 6) is 0.290. The molecule has 0 aliphatic carbocycles. The first-order valence-corrected chi connectivity index (χ1v) is 10.6. The summed E-state index contributed by atoms with van der Waals surface area (Å²) in [4.78, 5) is 23.1. The normalized spacial score (nSPS) is 16.3. The number of piperidine rings is 1. The van der Waals surface area contributed by atoms with E-state index in [1.54, 1.807) is 6.20 Å². The first-order chi connectivity index (χ1) is 15.6. The molecule has 2 aromatic carbocycles. The van der Waals surface area contributed by atoms with Crippen molar-refractivity contribution < 1.29 is 4.79 Å². The molecule has 2 aromatic heterocycles. The van der Waals surface area contributed by atoms with Crippen molar-refractivity contribution in [3.05, 3.63) is 60.4 Å². The highest BCUT2D eigenvalue weighted by atomic mass is 16.1. The summed E-state index contributed by atoms with van der Waals surface area (Å²) in [7, 11) is 0. The Morgan fingerprint density at radius 2 is 2.03 bits per heavy atom. The zero-order chi connectivity index (χ0) is 22.1. The largest absolute Gasteiger partial charge is 0.365 e. The number of nitrogens with zero attached hydrogens (tertiary/aromatic N) is 4. The third-order valence-corrected chi connectivity index (χ3v) is 5.69. The van der Waals surface area contributed by atoms with Gasteiger partial charge in [-0.15, -0.1) is 0 Å². The molecule has 3 heterocycles. The van der Waals surface area contributed by atoms with Gasteiger partial charge >= 0.3 is 0 Å². The molecule has 9 heteroatoms. The van der Waals surface area contributed by atoms with Crippen molar-refractivity contribution in [1.82, 2.24) is 20.2 Å². The van der Waals surface area contributed by atoms with Gasteiger partial charge in [0.2, 0.25) is 5.95 Å². The van der Waals surface area contributed by atoms with Crippen LogP contribution in [0.2, 0.25) is 0 Å². The molecular weight excluding hydrogens is 404 g/mol. The maximum absolute atomic E-state index is 12.1. The Morgan fingerprint density at radius 3 is 2.81 bits per heavy atom. The molecular formula is C23H24N8O. The fourth-order valence-electron chi connectivity index (χ4n) is 4.11. The number of aromatic nitrogens is 4. The minimum Gasteiger partial charge on any atom is -0.365 e. The molecule has 162 valence electrons. The number of primary amides is 1.